The number of rotatable bonds is 8. The number of benzene rings is 1. The number of nitrogens with one attached hydrogen (secondary N) is 3. The van der Waals surface area contributed by atoms with E-state index in [-0.39, 0.29) is 43.2 Å². The molecule has 3 heterocycles. The maximum atomic E-state index is 14.8. The molecule has 2 saturated carbocycles. The second-order valence-corrected chi connectivity index (χ2v) is 19.9. The largest absolute Gasteiger partial charge is 0.475 e. The number of ether oxygens (including phenoxy) is 3. The van der Waals surface area contributed by atoms with Gasteiger partial charge in [0.1, 0.15) is 29.3 Å². The number of allylic oxidation sites excluding steroid dienone is 1. The molecule has 4 aliphatic rings. The fourth-order valence-corrected chi connectivity index (χ4v) is 9.04. The van der Waals surface area contributed by atoms with Crippen molar-refractivity contribution in [1.82, 2.24) is 25.2 Å². The van der Waals surface area contributed by atoms with Crippen LogP contribution in [0.15, 0.2) is 42.5 Å². The van der Waals surface area contributed by atoms with Gasteiger partial charge in [-0.1, -0.05) is 44.2 Å². The van der Waals surface area contributed by atoms with Gasteiger partial charge in [-0.2, -0.15) is 4.98 Å². The van der Waals surface area contributed by atoms with Crippen LogP contribution in [0.2, 0.25) is 0 Å². The van der Waals surface area contributed by atoms with Gasteiger partial charge in [-0.05, 0) is 103 Å². The SMILES string of the molecule is CC(C)Oc1cc2ccccc2c(O[C@@H]2C[C@H]3C(=O)N[C@]4(C(=O)NS(=O)(=O)C5(C)CC5)C[C@H]4/C=C\CC[C@H](C)C[C@@H](C)[C@H](NC(=O)OC(C)(C)C)C(=O)N3C2)n1. The number of carbonyl (C=O) groups excluding carboxylic acids is 4. The predicted molar refractivity (Wildman–Crippen MR) is 210 cm³/mol. The smallest absolute Gasteiger partial charge is 0.408 e. The lowest BCUT2D eigenvalue weighted by molar-refractivity contribution is -0.142. The number of carbonyl (C=O) groups is 4. The third-order valence-corrected chi connectivity index (χ3v) is 13.4. The van der Waals surface area contributed by atoms with E-state index < -0.39 is 73.8 Å². The summed E-state index contributed by atoms with van der Waals surface area (Å²) in [5.41, 5.74) is -2.36. The molecule has 2 aliphatic carbocycles. The van der Waals surface area contributed by atoms with Crippen LogP contribution in [0, 0.1) is 17.8 Å². The van der Waals surface area contributed by atoms with Gasteiger partial charge >= 0.3 is 6.09 Å². The summed E-state index contributed by atoms with van der Waals surface area (Å²) < 4.78 is 45.7. The first-order valence-electron chi connectivity index (χ1n) is 19.8. The van der Waals surface area contributed by atoms with Gasteiger partial charge in [-0.15, -0.1) is 0 Å². The summed E-state index contributed by atoms with van der Waals surface area (Å²) in [5, 5.41) is 7.27. The maximum absolute atomic E-state index is 14.8. The third-order valence-electron chi connectivity index (χ3n) is 11.2. The van der Waals surface area contributed by atoms with Gasteiger partial charge in [0.2, 0.25) is 33.6 Å². The van der Waals surface area contributed by atoms with Crippen LogP contribution < -0.4 is 24.8 Å². The van der Waals surface area contributed by atoms with E-state index in [2.05, 4.69) is 27.3 Å². The Hall–Kier alpha value is -4.40. The van der Waals surface area contributed by atoms with Gasteiger partial charge in [-0.25, -0.2) is 13.2 Å². The zero-order valence-corrected chi connectivity index (χ0v) is 34.5. The number of alkyl carbamates (subject to hydrolysis) is 1. The number of fused-ring (bicyclic) bond motifs is 3. The van der Waals surface area contributed by atoms with E-state index >= 15 is 0 Å². The van der Waals surface area contributed by atoms with Crippen molar-refractivity contribution in [3.05, 3.63) is 42.5 Å². The van der Waals surface area contributed by atoms with Gasteiger partial charge in [-0.3, -0.25) is 19.1 Å². The van der Waals surface area contributed by atoms with Gasteiger partial charge in [0.25, 0.3) is 5.91 Å². The average Bonchev–Trinajstić information content (AvgIpc) is 3.97. The van der Waals surface area contributed by atoms with Crippen molar-refractivity contribution in [3.63, 3.8) is 0 Å². The minimum Gasteiger partial charge on any atom is -0.475 e. The van der Waals surface area contributed by atoms with Gasteiger partial charge < -0.3 is 29.7 Å². The number of amides is 4. The van der Waals surface area contributed by atoms with Crippen molar-refractivity contribution < 1.29 is 41.8 Å². The summed E-state index contributed by atoms with van der Waals surface area (Å²) in [7, 11) is -4.00. The topological polar surface area (TPSA) is 182 Å². The molecule has 2 aliphatic heterocycles. The molecule has 1 aromatic heterocycles. The average molecular weight is 796 g/mol. The zero-order valence-electron chi connectivity index (χ0n) is 33.7. The number of hydrogen-bond donors (Lipinski definition) is 3. The van der Waals surface area contributed by atoms with Crippen LogP contribution in [-0.4, -0.2) is 88.8 Å². The first-order chi connectivity index (χ1) is 26.2. The number of nitrogens with zero attached hydrogens (tertiary/aromatic N) is 2. The van der Waals surface area contributed by atoms with E-state index in [0.29, 0.717) is 36.9 Å². The van der Waals surface area contributed by atoms with Crippen LogP contribution in [-0.2, 0) is 29.1 Å². The summed E-state index contributed by atoms with van der Waals surface area (Å²) in [6.07, 6.45) is 5.32. The van der Waals surface area contributed by atoms with E-state index in [4.69, 9.17) is 14.2 Å². The Labute approximate surface area is 329 Å². The summed E-state index contributed by atoms with van der Waals surface area (Å²) >= 11 is 0. The van der Waals surface area contributed by atoms with Crippen molar-refractivity contribution >= 4 is 44.6 Å². The van der Waals surface area contributed by atoms with Crippen LogP contribution in [0.1, 0.15) is 100 Å². The van der Waals surface area contributed by atoms with Crippen molar-refractivity contribution in [3.8, 4) is 11.8 Å². The second kappa shape index (κ2) is 15.5. The summed E-state index contributed by atoms with van der Waals surface area (Å²) in [4.78, 5) is 62.7. The van der Waals surface area contributed by atoms with Gasteiger partial charge in [0, 0.05) is 23.8 Å². The van der Waals surface area contributed by atoms with Crippen molar-refractivity contribution in [2.45, 2.75) is 141 Å². The Bertz CT molecular complexity index is 1990. The lowest BCUT2D eigenvalue weighted by Gasteiger charge is -2.33. The van der Waals surface area contributed by atoms with Crippen LogP contribution in [0.3, 0.4) is 0 Å². The predicted octanol–water partition coefficient (Wildman–Crippen LogP) is 5.15. The molecular weight excluding hydrogens is 739 g/mol. The van der Waals surface area contributed by atoms with E-state index in [1.165, 1.54) is 4.90 Å². The van der Waals surface area contributed by atoms with E-state index in [0.717, 1.165) is 11.8 Å². The van der Waals surface area contributed by atoms with E-state index in [9.17, 15) is 27.6 Å². The fourth-order valence-electron chi connectivity index (χ4n) is 7.72. The molecule has 7 atom stereocenters. The lowest BCUT2D eigenvalue weighted by Crippen LogP contribution is -2.59. The van der Waals surface area contributed by atoms with Crippen molar-refractivity contribution in [2.75, 3.05) is 6.54 Å². The summed E-state index contributed by atoms with van der Waals surface area (Å²) in [6, 6.07) is 7.16. The van der Waals surface area contributed by atoms with Crippen LogP contribution >= 0.6 is 0 Å². The fraction of sp³-hybridized carbons (Fsp3) is 0.634. The Morgan fingerprint density at radius 2 is 1.80 bits per heavy atom. The molecule has 0 bridgehead atoms. The Morgan fingerprint density at radius 3 is 2.48 bits per heavy atom. The molecule has 3 fully saturated rings. The molecule has 306 valence electrons. The molecular formula is C41H57N5O9S. The van der Waals surface area contributed by atoms with Gasteiger partial charge in [0.15, 0.2) is 0 Å². The van der Waals surface area contributed by atoms with Gasteiger partial charge in [0.05, 0.1) is 17.4 Å². The normalized spacial score (nSPS) is 29.8. The third kappa shape index (κ3) is 9.08. The first kappa shape index (κ1) is 41.2. The Balaban J connectivity index is 1.36. The molecule has 14 nitrogen and oxygen atoms in total. The lowest BCUT2D eigenvalue weighted by atomic mass is 9.88. The number of aromatic nitrogens is 1. The minimum atomic E-state index is -4.00. The summed E-state index contributed by atoms with van der Waals surface area (Å²) in [5.74, 6) is -1.96. The van der Waals surface area contributed by atoms with E-state index in [1.807, 2.05) is 63.3 Å². The van der Waals surface area contributed by atoms with E-state index in [1.54, 1.807) is 27.7 Å². The van der Waals surface area contributed by atoms with Crippen LogP contribution in [0.25, 0.3) is 10.8 Å². The molecule has 56 heavy (non-hydrogen) atoms. The highest BCUT2D eigenvalue weighted by atomic mass is 32.2. The van der Waals surface area contributed by atoms with Crippen LogP contribution in [0.5, 0.6) is 11.8 Å². The molecule has 0 unspecified atom stereocenters. The number of sulfonamides is 1. The molecule has 1 aromatic carbocycles. The van der Waals surface area contributed by atoms with Crippen molar-refractivity contribution in [2.24, 2.45) is 17.8 Å². The highest BCUT2D eigenvalue weighted by Crippen LogP contribution is 2.47. The molecule has 6 rings (SSSR count). The highest BCUT2D eigenvalue weighted by Gasteiger charge is 2.63. The Kier molecular flexibility index (Phi) is 11.4. The monoisotopic (exact) mass is 795 g/mol. The molecule has 3 N–H and O–H groups in total. The number of pyridine rings is 1. The molecule has 1 saturated heterocycles. The molecule has 0 spiro atoms. The zero-order chi connectivity index (χ0) is 40.8. The molecule has 15 heteroatoms. The Morgan fingerprint density at radius 1 is 1.09 bits per heavy atom. The maximum Gasteiger partial charge on any atom is 0.408 e. The first-order valence-corrected chi connectivity index (χ1v) is 21.3. The summed E-state index contributed by atoms with van der Waals surface area (Å²) in [6.45, 7) is 14.5. The highest BCUT2D eigenvalue weighted by molar-refractivity contribution is 7.91. The van der Waals surface area contributed by atoms with Crippen LogP contribution in [0.4, 0.5) is 4.79 Å². The minimum absolute atomic E-state index is 0.0291. The molecule has 4 amide bonds. The molecule has 0 radical (unpaired) electrons. The van der Waals surface area contributed by atoms with Crippen molar-refractivity contribution in [1.29, 1.82) is 0 Å². The number of hydrogen-bond acceptors (Lipinski definition) is 10. The second-order valence-electron chi connectivity index (χ2n) is 17.7. The quantitative estimate of drug-likeness (QED) is 0.303. The standard InChI is InChI=1S/C41H57N5O9S/c1-24(2)53-32-20-27-14-10-12-16-30(27)35(42-32)54-29-21-31-34(47)44-41(37(49)45-56(51,52)40(8)17-18-40)22-28(41)15-11-9-13-25(3)19-26(4)33(36(48)46(31)23-29)43-38(50)55-39(5,6)7/h10-12,14-16,20,24-26,28-29,31,33H,9,13,17-19,21-23H2,1-8H3,(H,43,50)(H,44,47)(H,45,49)/b15-11-/t25-,26+,28+,29+,31-,33-,41+/m0/s1. The molecule has 2 aromatic rings.